The Balaban J connectivity index is 0.000000174. The Labute approximate surface area is 383 Å². The molecule has 1 fully saturated rings. The van der Waals surface area contributed by atoms with Crippen LogP contribution in [0.3, 0.4) is 0 Å². The number of aryl methyl sites for hydroxylation is 2. The second-order valence-corrected chi connectivity index (χ2v) is 28.2. The van der Waals surface area contributed by atoms with Crippen molar-refractivity contribution in [2.24, 2.45) is 0 Å². The average Bonchev–Trinajstić information content (AvgIpc) is 3.70. The van der Waals surface area contributed by atoms with E-state index in [9.17, 15) is 0 Å². The van der Waals surface area contributed by atoms with Crippen molar-refractivity contribution in [1.82, 2.24) is 9.97 Å². The van der Waals surface area contributed by atoms with Crippen LogP contribution in [0.1, 0.15) is 56.1 Å². The number of benzene rings is 6. The first kappa shape index (κ1) is 40.7. The monoisotopic (exact) mass is 1050 g/mol. The van der Waals surface area contributed by atoms with Gasteiger partial charge in [-0.1, -0.05) is 115 Å². The molecule has 0 saturated heterocycles. The summed E-state index contributed by atoms with van der Waals surface area (Å²) in [5, 5.41) is 2.13. The number of hydrogen-bond donors (Lipinski definition) is 0. The topological polar surface area (TPSA) is 38.9 Å². The van der Waals surface area contributed by atoms with E-state index >= 15 is 0 Å². The van der Waals surface area contributed by atoms with Gasteiger partial charge in [0.2, 0.25) is 0 Å². The minimum atomic E-state index is -1.82. The van der Waals surface area contributed by atoms with E-state index in [1.807, 2.05) is 30.5 Å². The van der Waals surface area contributed by atoms with E-state index in [1.165, 1.54) is 49.8 Å². The normalized spacial score (nSPS) is 14.5. The zero-order chi connectivity index (χ0) is 42.3. The quantitative estimate of drug-likeness (QED) is 0.123. The van der Waals surface area contributed by atoms with Gasteiger partial charge >= 0.3 is 147 Å². The molecule has 309 valence electrons. The maximum atomic E-state index is 9.04. The van der Waals surface area contributed by atoms with E-state index in [-0.39, 0.29) is 20.1 Å². The van der Waals surface area contributed by atoms with Gasteiger partial charge in [0.15, 0.2) is 0 Å². The van der Waals surface area contributed by atoms with Crippen LogP contribution in [0.25, 0.3) is 77.8 Å². The predicted molar refractivity (Wildman–Crippen MR) is 257 cm³/mol. The molecule has 3 heterocycles. The number of pyridine rings is 2. The van der Waals surface area contributed by atoms with E-state index in [0.29, 0.717) is 0 Å². The molecule has 0 aliphatic heterocycles. The largest absolute Gasteiger partial charge is 0 e. The Bertz CT molecular complexity index is 3040. The Morgan fingerprint density at radius 1 is 0.629 bits per heavy atom. The van der Waals surface area contributed by atoms with Crippen molar-refractivity contribution in [3.8, 4) is 55.9 Å². The molecule has 3 aromatic heterocycles. The minimum Gasteiger partial charge on any atom is 0 e. The standard InChI is InChI=1S/C35H28NO.C22H22GeN.Ir/c1-3-8-24(9-4-1)26-14-16-27(17-15-26)30-12-7-13-32-31-19-18-29(23-34(31)37-35(30)32)33-22-28(20-21-36-33)25-10-5-2-6-11-25;1-23(2,3)20-14-19-10-9-18-13-17(16-7-5-4-6-8-16)11-12-21(18)22(19)24-15-20;/h1,3-4,7-9,12-17,19-23,25H,2,5-6,10-11H2;4-8,11,13-15H,9-10H2,1-3H3;/q2*-1;/i25D;;. The maximum Gasteiger partial charge on any atom is 0 e. The van der Waals surface area contributed by atoms with Crippen molar-refractivity contribution in [3.05, 3.63) is 187 Å². The molecule has 5 heteroatoms. The summed E-state index contributed by atoms with van der Waals surface area (Å²) in [4.78, 5) is 9.48. The predicted octanol–water partition coefficient (Wildman–Crippen LogP) is 14.7. The van der Waals surface area contributed by atoms with Gasteiger partial charge in [-0.2, -0.15) is 0 Å². The number of nitrogens with zero attached hydrogens (tertiary/aromatic N) is 2. The third kappa shape index (κ3) is 8.66. The molecule has 0 amide bonds. The van der Waals surface area contributed by atoms with Crippen LogP contribution in [0.2, 0.25) is 17.3 Å². The molecular weight excluding hydrogens is 993 g/mol. The zero-order valence-electron chi connectivity index (χ0n) is 36.6. The van der Waals surface area contributed by atoms with Crippen molar-refractivity contribution in [3.63, 3.8) is 0 Å². The van der Waals surface area contributed by atoms with Gasteiger partial charge in [0.05, 0.1) is 5.58 Å². The van der Waals surface area contributed by atoms with Crippen LogP contribution in [0.5, 0.6) is 0 Å². The fraction of sp³-hybridized carbons (Fsp3) is 0.193. The molecule has 0 bridgehead atoms. The van der Waals surface area contributed by atoms with Gasteiger partial charge in [-0.15, -0.1) is 17.7 Å². The Kier molecular flexibility index (Phi) is 11.9. The Morgan fingerprint density at radius 3 is 2.06 bits per heavy atom. The Morgan fingerprint density at radius 2 is 1.32 bits per heavy atom. The number of para-hydroxylation sites is 1. The summed E-state index contributed by atoms with van der Waals surface area (Å²) in [6, 6.07) is 58.0. The number of rotatable bonds is 6. The first-order valence-electron chi connectivity index (χ1n) is 22.3. The fourth-order valence-electron chi connectivity index (χ4n) is 9.01. The third-order valence-electron chi connectivity index (χ3n) is 12.5. The van der Waals surface area contributed by atoms with Gasteiger partial charge in [0.25, 0.3) is 0 Å². The molecule has 6 aromatic carbocycles. The molecule has 9 aromatic rings. The molecule has 2 aliphatic carbocycles. The van der Waals surface area contributed by atoms with Gasteiger partial charge in [-0.25, -0.2) is 0 Å². The number of hydrogen-bond acceptors (Lipinski definition) is 3. The molecule has 1 radical (unpaired) electrons. The van der Waals surface area contributed by atoms with Gasteiger partial charge in [0.1, 0.15) is 5.58 Å². The fourth-order valence-corrected chi connectivity index (χ4v) is 11.2. The van der Waals surface area contributed by atoms with E-state index in [0.717, 1.165) is 94.1 Å². The van der Waals surface area contributed by atoms with Gasteiger partial charge < -0.3 is 9.40 Å². The third-order valence-corrected chi connectivity index (χ3v) is 16.7. The second kappa shape index (κ2) is 18.1. The van der Waals surface area contributed by atoms with Crippen molar-refractivity contribution in [2.75, 3.05) is 0 Å². The second-order valence-electron chi connectivity index (χ2n) is 17.6. The zero-order valence-corrected chi connectivity index (χ0v) is 40.1. The minimum absolute atomic E-state index is 0. The average molecular weight is 1040 g/mol. The SMILES string of the molecule is [2H]C1(c2ccnc(-c3[c-]cc4c(c3)oc3c(-c5ccc(-c6ccccc6)cc5)cccc34)c2)CCCCC1.[CH3][Ge]([CH3])([CH3])[c]1cnc2c(c1)CCc1cc(-c3ccccc3)c[c-]c1-2.[Ir]. The summed E-state index contributed by atoms with van der Waals surface area (Å²) in [6.45, 7) is 0. The van der Waals surface area contributed by atoms with Gasteiger partial charge in [-0.3, -0.25) is 0 Å². The van der Waals surface area contributed by atoms with Crippen molar-refractivity contribution in [2.45, 2.75) is 68.1 Å². The van der Waals surface area contributed by atoms with Crippen LogP contribution in [0.4, 0.5) is 0 Å². The molecule has 0 atom stereocenters. The smallest absolute Gasteiger partial charge is 0 e. The molecule has 0 spiro atoms. The molecule has 2 aliphatic rings. The van der Waals surface area contributed by atoms with E-state index in [1.54, 1.807) is 0 Å². The summed E-state index contributed by atoms with van der Waals surface area (Å²) in [7, 11) is 0. The van der Waals surface area contributed by atoms with Crippen LogP contribution in [0.15, 0.2) is 162 Å². The molecule has 3 nitrogen and oxygen atoms in total. The van der Waals surface area contributed by atoms with Gasteiger partial charge in [-0.05, 0) is 52.6 Å². The van der Waals surface area contributed by atoms with Crippen LogP contribution in [0, 0.1) is 12.1 Å². The maximum absolute atomic E-state index is 9.04. The summed E-state index contributed by atoms with van der Waals surface area (Å²) < 4.78 is 17.0. The van der Waals surface area contributed by atoms with Crippen LogP contribution < -0.4 is 4.40 Å². The first-order chi connectivity index (χ1) is 30.2. The summed E-state index contributed by atoms with van der Waals surface area (Å²) in [5.74, 6) is 6.78. The molecule has 11 rings (SSSR count). The number of furan rings is 1. The molecule has 0 unspecified atom stereocenters. The van der Waals surface area contributed by atoms with Crippen LogP contribution in [-0.2, 0) is 32.9 Å². The molecule has 1 saturated carbocycles. The number of aromatic nitrogens is 2. The van der Waals surface area contributed by atoms with E-state index in [2.05, 4.69) is 162 Å². The van der Waals surface area contributed by atoms with Crippen LogP contribution >= 0.6 is 0 Å². The van der Waals surface area contributed by atoms with Crippen molar-refractivity contribution in [1.29, 1.82) is 0 Å². The van der Waals surface area contributed by atoms with Gasteiger partial charge in [0, 0.05) is 33.2 Å². The van der Waals surface area contributed by atoms with E-state index < -0.39 is 19.2 Å². The summed E-state index contributed by atoms with van der Waals surface area (Å²) in [5.41, 5.74) is 16.7. The summed E-state index contributed by atoms with van der Waals surface area (Å²) in [6.07, 6.45) is 11.4. The summed E-state index contributed by atoms with van der Waals surface area (Å²) >= 11 is -1.82. The molecular formula is C57H50GeIrN2O-2. The van der Waals surface area contributed by atoms with Crippen molar-refractivity contribution >= 4 is 39.6 Å². The van der Waals surface area contributed by atoms with Crippen LogP contribution in [-0.4, -0.2) is 23.2 Å². The number of fused-ring (bicyclic) bond motifs is 6. The molecule has 0 N–H and O–H groups in total. The van der Waals surface area contributed by atoms with E-state index in [4.69, 9.17) is 10.8 Å². The van der Waals surface area contributed by atoms with Crippen molar-refractivity contribution < 1.29 is 25.9 Å². The Hall–Kier alpha value is -5.39. The first-order valence-corrected chi connectivity index (χ1v) is 29.1. The molecule has 62 heavy (non-hydrogen) atoms.